The van der Waals surface area contributed by atoms with Crippen molar-refractivity contribution in [1.29, 1.82) is 0 Å². The standard InChI is InChI=1S/C34H41F5O3S/c1-32-21-28(31-26-13-9-24(40)20-23(26)8-12-27(31)29(32)14-15-30(32)41)22-6-10-25(11-7-22)42-17-3-2-4-18-43-19-5-16-33(35,36)34(37,38)39/h6-7,9-11,13,20,27-29,31,40H,2-5,8,12,14-19,21H2,1H3/t27-,28+,29-,31+,32-/m0/s1. The number of thioether (sulfide) groups is 1. The Morgan fingerprint density at radius 2 is 1.70 bits per heavy atom. The highest BCUT2D eigenvalue weighted by molar-refractivity contribution is 7.99. The van der Waals surface area contributed by atoms with Gasteiger partial charge in [-0.25, -0.2) is 0 Å². The average molecular weight is 625 g/mol. The summed E-state index contributed by atoms with van der Waals surface area (Å²) >= 11 is 1.41. The molecule has 5 atom stereocenters. The monoisotopic (exact) mass is 624 g/mol. The lowest BCUT2D eigenvalue weighted by atomic mass is 9.51. The van der Waals surface area contributed by atoms with Crippen LogP contribution in [0.5, 0.6) is 11.5 Å². The van der Waals surface area contributed by atoms with Crippen molar-refractivity contribution in [3.05, 3.63) is 59.2 Å². The SMILES string of the molecule is C[C@]12C[C@H](c3ccc(OCCCCCSCCCC(F)(F)C(F)(F)F)cc3)[C@@H]3c4ccc(O)cc4CC[C@H]3[C@@H]1CCC2=O. The Bertz CT molecular complexity index is 1260. The number of benzene rings is 2. The molecule has 3 aliphatic rings. The van der Waals surface area contributed by atoms with Crippen LogP contribution in [0.2, 0.25) is 0 Å². The molecule has 0 saturated heterocycles. The molecule has 0 heterocycles. The van der Waals surface area contributed by atoms with E-state index < -0.39 is 18.5 Å². The molecule has 0 amide bonds. The molecule has 0 bridgehead atoms. The van der Waals surface area contributed by atoms with Gasteiger partial charge in [-0.2, -0.15) is 33.7 Å². The first kappa shape index (κ1) is 32.1. The number of hydrogen-bond donors (Lipinski definition) is 1. The Balaban J connectivity index is 1.11. The second-order valence-electron chi connectivity index (χ2n) is 12.8. The molecule has 236 valence electrons. The molecule has 3 nitrogen and oxygen atoms in total. The smallest absolute Gasteiger partial charge is 0.453 e. The molecule has 43 heavy (non-hydrogen) atoms. The number of unbranched alkanes of at least 4 members (excludes halogenated alkanes) is 2. The summed E-state index contributed by atoms with van der Waals surface area (Å²) < 4.78 is 68.5. The van der Waals surface area contributed by atoms with Gasteiger partial charge in [0.1, 0.15) is 17.3 Å². The van der Waals surface area contributed by atoms with Gasteiger partial charge in [-0.3, -0.25) is 4.79 Å². The number of aromatic hydroxyl groups is 1. The number of fused-ring (bicyclic) bond motifs is 5. The molecular formula is C34H41F5O3S. The van der Waals surface area contributed by atoms with Crippen LogP contribution in [0.4, 0.5) is 22.0 Å². The Labute approximate surface area is 255 Å². The van der Waals surface area contributed by atoms with Crippen molar-refractivity contribution in [1.82, 2.24) is 0 Å². The summed E-state index contributed by atoms with van der Waals surface area (Å²) in [6.45, 7) is 2.73. The fourth-order valence-electron chi connectivity index (χ4n) is 7.92. The zero-order valence-corrected chi connectivity index (χ0v) is 25.4. The summed E-state index contributed by atoms with van der Waals surface area (Å²) in [7, 11) is 0. The van der Waals surface area contributed by atoms with E-state index in [-0.39, 0.29) is 17.8 Å². The molecule has 0 aromatic heterocycles. The van der Waals surface area contributed by atoms with Gasteiger partial charge in [0.2, 0.25) is 0 Å². The number of rotatable bonds is 12. The predicted molar refractivity (Wildman–Crippen MR) is 159 cm³/mol. The zero-order chi connectivity index (χ0) is 30.8. The Morgan fingerprint density at radius 3 is 2.44 bits per heavy atom. The van der Waals surface area contributed by atoms with E-state index >= 15 is 0 Å². The van der Waals surface area contributed by atoms with Crippen molar-refractivity contribution in [2.24, 2.45) is 17.3 Å². The van der Waals surface area contributed by atoms with Gasteiger partial charge in [0.05, 0.1) is 6.61 Å². The lowest BCUT2D eigenvalue weighted by Crippen LogP contribution is -2.45. The Morgan fingerprint density at radius 1 is 0.953 bits per heavy atom. The maximum atomic E-state index is 13.1. The number of halogens is 5. The van der Waals surface area contributed by atoms with Gasteiger partial charge in [-0.15, -0.1) is 0 Å². The highest BCUT2D eigenvalue weighted by Crippen LogP contribution is 2.64. The summed E-state index contributed by atoms with van der Waals surface area (Å²) in [6.07, 6.45) is 0.231. The number of hydrogen-bond acceptors (Lipinski definition) is 4. The van der Waals surface area contributed by atoms with Crippen LogP contribution in [0, 0.1) is 17.3 Å². The largest absolute Gasteiger partial charge is 0.508 e. The van der Waals surface area contributed by atoms with Gasteiger partial charge in [-0.1, -0.05) is 25.1 Å². The van der Waals surface area contributed by atoms with Crippen molar-refractivity contribution in [2.45, 2.75) is 95.1 Å². The first-order chi connectivity index (χ1) is 20.4. The summed E-state index contributed by atoms with van der Waals surface area (Å²) in [5.41, 5.74) is 3.47. The van der Waals surface area contributed by atoms with Crippen molar-refractivity contribution >= 4 is 17.5 Å². The molecule has 2 fully saturated rings. The van der Waals surface area contributed by atoms with E-state index in [4.69, 9.17) is 4.74 Å². The first-order valence-corrected chi connectivity index (χ1v) is 16.7. The van der Waals surface area contributed by atoms with Crippen molar-refractivity contribution in [3.8, 4) is 11.5 Å². The van der Waals surface area contributed by atoms with Crippen LogP contribution >= 0.6 is 11.8 Å². The highest BCUT2D eigenvalue weighted by atomic mass is 32.2. The van der Waals surface area contributed by atoms with Gasteiger partial charge in [-0.05, 0) is 127 Å². The van der Waals surface area contributed by atoms with E-state index in [1.165, 1.54) is 28.5 Å². The molecule has 2 saturated carbocycles. The van der Waals surface area contributed by atoms with E-state index in [1.54, 1.807) is 6.07 Å². The fourth-order valence-corrected chi connectivity index (χ4v) is 8.88. The average Bonchev–Trinajstić information content (AvgIpc) is 3.26. The van der Waals surface area contributed by atoms with Crippen molar-refractivity contribution < 1.29 is 36.6 Å². The minimum absolute atomic E-state index is 0.162. The molecular weight excluding hydrogens is 583 g/mol. The van der Waals surface area contributed by atoms with E-state index in [1.807, 2.05) is 18.2 Å². The second kappa shape index (κ2) is 13.0. The number of aryl methyl sites for hydroxylation is 1. The Kier molecular flexibility index (Phi) is 9.69. The molecule has 0 unspecified atom stereocenters. The summed E-state index contributed by atoms with van der Waals surface area (Å²) in [5.74, 6) is -0.722. The van der Waals surface area contributed by atoms with Crippen LogP contribution in [0.15, 0.2) is 42.5 Å². The number of carbonyl (C=O) groups excluding carboxylic acids is 1. The fraction of sp³-hybridized carbons (Fsp3) is 0.618. The van der Waals surface area contributed by atoms with Gasteiger partial charge < -0.3 is 9.84 Å². The number of ketones is 1. The van der Waals surface area contributed by atoms with Gasteiger partial charge in [0.25, 0.3) is 0 Å². The summed E-state index contributed by atoms with van der Waals surface area (Å²) in [4.78, 5) is 13.1. The van der Waals surface area contributed by atoms with Crippen LogP contribution in [0.25, 0.3) is 0 Å². The summed E-state index contributed by atoms with van der Waals surface area (Å²) in [6, 6.07) is 14.1. The molecule has 2 aromatic rings. The minimum Gasteiger partial charge on any atom is -0.508 e. The number of Topliss-reactive ketones (excluding diaryl/α,β-unsaturated/α-hetero) is 1. The van der Waals surface area contributed by atoms with Gasteiger partial charge in [0.15, 0.2) is 0 Å². The molecule has 0 aliphatic heterocycles. The lowest BCUT2D eigenvalue weighted by molar-refractivity contribution is -0.284. The van der Waals surface area contributed by atoms with Gasteiger partial charge >= 0.3 is 12.1 Å². The van der Waals surface area contributed by atoms with Crippen molar-refractivity contribution in [2.75, 3.05) is 18.1 Å². The Hall–Kier alpha value is -2.29. The number of phenols is 1. The van der Waals surface area contributed by atoms with Crippen LogP contribution < -0.4 is 4.74 Å². The van der Waals surface area contributed by atoms with Crippen LogP contribution in [-0.4, -0.2) is 41.1 Å². The molecule has 9 heteroatoms. The lowest BCUT2D eigenvalue weighted by Gasteiger charge is -2.52. The molecule has 3 aliphatic carbocycles. The third-order valence-electron chi connectivity index (χ3n) is 10.1. The van der Waals surface area contributed by atoms with Crippen molar-refractivity contribution in [3.63, 3.8) is 0 Å². The van der Waals surface area contributed by atoms with E-state index in [2.05, 4.69) is 25.1 Å². The summed E-state index contributed by atoms with van der Waals surface area (Å²) in [5, 5.41) is 10.1. The predicted octanol–water partition coefficient (Wildman–Crippen LogP) is 9.47. The van der Waals surface area contributed by atoms with E-state index in [9.17, 15) is 31.9 Å². The molecule has 0 spiro atoms. The molecule has 1 N–H and O–H groups in total. The van der Waals surface area contributed by atoms with Gasteiger partial charge in [0, 0.05) is 18.3 Å². The van der Waals surface area contributed by atoms with E-state index in [0.717, 1.165) is 56.4 Å². The van der Waals surface area contributed by atoms with Crippen LogP contribution in [-0.2, 0) is 11.2 Å². The van der Waals surface area contributed by atoms with E-state index in [0.29, 0.717) is 48.1 Å². The number of alkyl halides is 5. The molecule has 0 radical (unpaired) electrons. The zero-order valence-electron chi connectivity index (χ0n) is 24.6. The minimum atomic E-state index is -5.47. The maximum absolute atomic E-state index is 13.1. The number of phenolic OH excluding ortho intramolecular Hbond substituents is 1. The molecule has 5 rings (SSSR count). The quantitative estimate of drug-likeness (QED) is 0.189. The normalized spacial score (nSPS) is 27.0. The molecule has 2 aromatic carbocycles. The van der Waals surface area contributed by atoms with Crippen LogP contribution in [0.3, 0.4) is 0 Å². The second-order valence-corrected chi connectivity index (χ2v) is 14.0. The number of carbonyl (C=O) groups is 1. The topological polar surface area (TPSA) is 46.5 Å². The third-order valence-corrected chi connectivity index (χ3v) is 11.3. The maximum Gasteiger partial charge on any atom is 0.453 e. The third kappa shape index (κ3) is 6.86. The number of ether oxygens (including phenoxy) is 1. The first-order valence-electron chi connectivity index (χ1n) is 15.5. The highest BCUT2D eigenvalue weighted by Gasteiger charge is 2.58. The van der Waals surface area contributed by atoms with Crippen LogP contribution in [0.1, 0.15) is 93.2 Å².